The van der Waals surface area contributed by atoms with Crippen LogP contribution >= 0.6 is 0 Å². The first kappa shape index (κ1) is 20.1. The molecular weight excluding hydrogens is 378 g/mol. The largest absolute Gasteiger partial charge is 0.508 e. The fraction of sp³-hybridized carbons (Fsp3) is 0.300. The number of rotatable bonds is 4. The van der Waals surface area contributed by atoms with Crippen LogP contribution in [0.15, 0.2) is 41.5 Å². The lowest BCUT2D eigenvalue weighted by Gasteiger charge is -2.27. The van der Waals surface area contributed by atoms with E-state index in [1.54, 1.807) is 0 Å². The number of amides is 1. The van der Waals surface area contributed by atoms with Crippen LogP contribution in [0.4, 0.5) is 5.69 Å². The summed E-state index contributed by atoms with van der Waals surface area (Å²) in [6.07, 6.45) is 0.166. The van der Waals surface area contributed by atoms with E-state index in [4.69, 9.17) is 9.47 Å². The number of hydrogen-bond donors (Lipinski definition) is 2. The van der Waals surface area contributed by atoms with E-state index in [1.807, 2.05) is 18.2 Å². The van der Waals surface area contributed by atoms with E-state index in [0.29, 0.717) is 11.5 Å². The molecule has 9 heteroatoms. The first-order valence-corrected chi connectivity index (χ1v) is 8.89. The third-order valence-corrected chi connectivity index (χ3v) is 4.35. The molecule has 1 amide bonds. The second-order valence-electron chi connectivity index (χ2n) is 7.56. The molecule has 0 aromatic heterocycles. The van der Waals surface area contributed by atoms with Crippen molar-refractivity contribution in [3.63, 3.8) is 0 Å². The van der Waals surface area contributed by atoms with Crippen molar-refractivity contribution in [1.29, 1.82) is 0 Å². The SMILES string of the molecule is CC(C)(C)c1ccc2c(c1)OC(C(=O)NN=Cc1cc(O)ccc1[N+](=O)[O-])CO2. The number of phenols is 1. The highest BCUT2D eigenvalue weighted by molar-refractivity contribution is 5.88. The van der Waals surface area contributed by atoms with Gasteiger partial charge in [0.05, 0.1) is 16.7 Å². The zero-order valence-corrected chi connectivity index (χ0v) is 16.2. The molecule has 3 rings (SSSR count). The van der Waals surface area contributed by atoms with E-state index in [9.17, 15) is 20.0 Å². The van der Waals surface area contributed by atoms with Gasteiger partial charge in [-0.05, 0) is 35.2 Å². The molecule has 152 valence electrons. The van der Waals surface area contributed by atoms with Crippen LogP contribution in [0.1, 0.15) is 31.9 Å². The minimum absolute atomic E-state index is 0.00942. The van der Waals surface area contributed by atoms with Crippen LogP contribution in [0.2, 0.25) is 0 Å². The van der Waals surface area contributed by atoms with Crippen molar-refractivity contribution in [2.24, 2.45) is 5.10 Å². The van der Waals surface area contributed by atoms with Crippen molar-refractivity contribution in [2.75, 3.05) is 6.61 Å². The van der Waals surface area contributed by atoms with Crippen molar-refractivity contribution < 1.29 is 24.3 Å². The molecule has 2 aromatic rings. The summed E-state index contributed by atoms with van der Waals surface area (Å²) < 4.78 is 11.3. The molecule has 9 nitrogen and oxygen atoms in total. The smallest absolute Gasteiger partial charge is 0.284 e. The van der Waals surface area contributed by atoms with E-state index < -0.39 is 16.9 Å². The Kier molecular flexibility index (Phi) is 5.40. The Morgan fingerprint density at radius 2 is 2.03 bits per heavy atom. The minimum Gasteiger partial charge on any atom is -0.508 e. The number of aromatic hydroxyl groups is 1. The molecule has 2 aromatic carbocycles. The number of hydrazone groups is 1. The van der Waals surface area contributed by atoms with E-state index in [0.717, 1.165) is 17.8 Å². The topological polar surface area (TPSA) is 123 Å². The minimum atomic E-state index is -0.922. The fourth-order valence-electron chi connectivity index (χ4n) is 2.72. The predicted molar refractivity (Wildman–Crippen MR) is 106 cm³/mol. The van der Waals surface area contributed by atoms with Gasteiger partial charge in [0.25, 0.3) is 11.6 Å². The number of nitro benzene ring substituents is 1. The molecule has 0 fully saturated rings. The van der Waals surface area contributed by atoms with Crippen molar-refractivity contribution >= 4 is 17.8 Å². The maximum Gasteiger partial charge on any atom is 0.284 e. The fourth-order valence-corrected chi connectivity index (χ4v) is 2.72. The summed E-state index contributed by atoms with van der Waals surface area (Å²) in [5.41, 5.74) is 3.03. The van der Waals surface area contributed by atoms with E-state index in [1.165, 1.54) is 12.1 Å². The van der Waals surface area contributed by atoms with E-state index in [2.05, 4.69) is 31.3 Å². The summed E-state index contributed by atoms with van der Waals surface area (Å²) in [5.74, 6) is 0.312. The highest BCUT2D eigenvalue weighted by Crippen LogP contribution is 2.36. The number of nitrogens with one attached hydrogen (secondary N) is 1. The summed E-state index contributed by atoms with van der Waals surface area (Å²) in [5, 5.41) is 24.3. The maximum atomic E-state index is 12.4. The summed E-state index contributed by atoms with van der Waals surface area (Å²) in [7, 11) is 0. The summed E-state index contributed by atoms with van der Waals surface area (Å²) in [6, 6.07) is 9.13. The monoisotopic (exact) mass is 399 g/mol. The number of hydrogen-bond acceptors (Lipinski definition) is 7. The van der Waals surface area contributed by atoms with Gasteiger partial charge >= 0.3 is 0 Å². The second kappa shape index (κ2) is 7.78. The number of nitro groups is 1. The van der Waals surface area contributed by atoms with Gasteiger partial charge in [0.2, 0.25) is 6.10 Å². The van der Waals surface area contributed by atoms with Crippen LogP contribution in [0, 0.1) is 10.1 Å². The molecule has 0 aliphatic carbocycles. The molecule has 1 heterocycles. The van der Waals surface area contributed by atoms with Gasteiger partial charge in [0.15, 0.2) is 11.5 Å². The number of carbonyl (C=O) groups is 1. The Bertz CT molecular complexity index is 981. The highest BCUT2D eigenvalue weighted by Gasteiger charge is 2.28. The number of benzene rings is 2. The first-order chi connectivity index (χ1) is 13.6. The second-order valence-corrected chi connectivity index (χ2v) is 7.56. The van der Waals surface area contributed by atoms with Gasteiger partial charge in [-0.25, -0.2) is 5.43 Å². The van der Waals surface area contributed by atoms with Crippen LogP contribution in [0.5, 0.6) is 17.2 Å². The average Bonchev–Trinajstić information content (AvgIpc) is 2.66. The molecule has 29 heavy (non-hydrogen) atoms. The van der Waals surface area contributed by atoms with Gasteiger partial charge in [-0.1, -0.05) is 26.8 Å². The van der Waals surface area contributed by atoms with Crippen LogP contribution in [-0.4, -0.2) is 34.9 Å². The molecule has 0 radical (unpaired) electrons. The Labute approximate surface area is 167 Å². The molecule has 1 unspecified atom stereocenters. The predicted octanol–water partition coefficient (Wildman–Crippen LogP) is 2.89. The van der Waals surface area contributed by atoms with Gasteiger partial charge in [0, 0.05) is 6.07 Å². The normalized spacial score (nSPS) is 15.9. The Morgan fingerprint density at radius 1 is 1.28 bits per heavy atom. The van der Waals surface area contributed by atoms with Gasteiger partial charge < -0.3 is 14.6 Å². The third kappa shape index (κ3) is 4.63. The standard InChI is InChI=1S/C20H21N3O6/c1-20(2,3)13-4-7-16-17(9-13)29-18(11-28-16)19(25)22-21-10-12-8-14(24)5-6-15(12)23(26)27/h4-10,18,24H,11H2,1-3H3,(H,22,25). The van der Waals surface area contributed by atoms with Crippen LogP contribution in [0.25, 0.3) is 0 Å². The number of fused-ring (bicyclic) bond motifs is 1. The van der Waals surface area contributed by atoms with Crippen molar-refractivity contribution in [2.45, 2.75) is 32.3 Å². The van der Waals surface area contributed by atoms with Crippen LogP contribution in [-0.2, 0) is 10.2 Å². The molecule has 1 aliphatic heterocycles. The first-order valence-electron chi connectivity index (χ1n) is 8.89. The molecular formula is C20H21N3O6. The van der Waals surface area contributed by atoms with Crippen LogP contribution in [0.3, 0.4) is 0 Å². The van der Waals surface area contributed by atoms with Crippen molar-refractivity contribution in [3.8, 4) is 17.2 Å². The summed E-state index contributed by atoms with van der Waals surface area (Å²) in [4.78, 5) is 22.8. The highest BCUT2D eigenvalue weighted by atomic mass is 16.6. The molecule has 1 aliphatic rings. The average molecular weight is 399 g/mol. The Balaban J connectivity index is 1.69. The van der Waals surface area contributed by atoms with Crippen LogP contribution < -0.4 is 14.9 Å². The zero-order chi connectivity index (χ0) is 21.2. The molecule has 1 atom stereocenters. The molecule has 0 saturated heterocycles. The molecule has 0 saturated carbocycles. The number of phenolic OH excluding ortho intramolecular Hbond substituents is 1. The molecule has 2 N–H and O–H groups in total. The van der Waals surface area contributed by atoms with Gasteiger partial charge in [0.1, 0.15) is 12.4 Å². The zero-order valence-electron chi connectivity index (χ0n) is 16.2. The lowest BCUT2D eigenvalue weighted by atomic mass is 9.87. The number of ether oxygens (including phenoxy) is 2. The van der Waals surface area contributed by atoms with Crippen molar-refractivity contribution in [3.05, 3.63) is 57.6 Å². The number of nitrogens with zero attached hydrogens (tertiary/aromatic N) is 2. The molecule has 0 spiro atoms. The lowest BCUT2D eigenvalue weighted by Crippen LogP contribution is -2.42. The lowest BCUT2D eigenvalue weighted by molar-refractivity contribution is -0.385. The summed E-state index contributed by atoms with van der Waals surface area (Å²) in [6.45, 7) is 6.21. The quantitative estimate of drug-likeness (QED) is 0.463. The number of carbonyl (C=O) groups excluding carboxylic acids is 1. The van der Waals surface area contributed by atoms with E-state index >= 15 is 0 Å². The third-order valence-electron chi connectivity index (χ3n) is 4.35. The Morgan fingerprint density at radius 3 is 2.72 bits per heavy atom. The van der Waals surface area contributed by atoms with Gasteiger partial charge in [-0.3, -0.25) is 14.9 Å². The summed E-state index contributed by atoms with van der Waals surface area (Å²) >= 11 is 0. The maximum absolute atomic E-state index is 12.4. The van der Waals surface area contributed by atoms with Gasteiger partial charge in [-0.15, -0.1) is 0 Å². The van der Waals surface area contributed by atoms with Crippen molar-refractivity contribution in [1.82, 2.24) is 5.43 Å². The van der Waals surface area contributed by atoms with E-state index in [-0.39, 0.29) is 29.0 Å². The van der Waals surface area contributed by atoms with Gasteiger partial charge in [-0.2, -0.15) is 5.10 Å². The Hall–Kier alpha value is -3.62. The molecule has 0 bridgehead atoms.